The molecule has 0 fully saturated rings. The molecule has 0 bridgehead atoms. The van der Waals surface area contributed by atoms with Crippen LogP contribution in [0.2, 0.25) is 0 Å². The minimum atomic E-state index is -0.679. The fraction of sp³-hybridized carbons (Fsp3) is 0.286. The van der Waals surface area contributed by atoms with E-state index in [-0.39, 0.29) is 5.82 Å². The van der Waals surface area contributed by atoms with Crippen molar-refractivity contribution in [1.82, 2.24) is 5.32 Å². The van der Waals surface area contributed by atoms with Crippen LogP contribution in [0.5, 0.6) is 0 Å². The van der Waals surface area contributed by atoms with Crippen molar-refractivity contribution in [1.29, 1.82) is 0 Å². The molecule has 1 heterocycles. The molecular weight excluding hydrogens is 249 g/mol. The van der Waals surface area contributed by atoms with E-state index in [1.165, 1.54) is 21.9 Å². The van der Waals surface area contributed by atoms with Crippen LogP contribution in [0.3, 0.4) is 0 Å². The van der Waals surface area contributed by atoms with Gasteiger partial charge in [-0.3, -0.25) is 0 Å². The Morgan fingerprint density at radius 3 is 2.83 bits per heavy atom. The number of halogens is 1. The number of aliphatic hydroxyl groups excluding tert-OH is 1. The standard InChI is InChI=1S/C14H16FNOS/c1-10-5-6-13(18-10)8-16-9-14(17)11-3-2-4-12(15)7-11/h2-7,14,16-17H,8-9H2,1H3. The van der Waals surface area contributed by atoms with E-state index >= 15 is 0 Å². The van der Waals surface area contributed by atoms with E-state index < -0.39 is 6.10 Å². The van der Waals surface area contributed by atoms with Gasteiger partial charge in [0.25, 0.3) is 0 Å². The maximum absolute atomic E-state index is 13.0. The van der Waals surface area contributed by atoms with Gasteiger partial charge in [0, 0.05) is 22.8 Å². The number of benzene rings is 1. The van der Waals surface area contributed by atoms with Crippen LogP contribution >= 0.6 is 11.3 Å². The van der Waals surface area contributed by atoms with Crippen molar-refractivity contribution in [2.45, 2.75) is 19.6 Å². The molecule has 0 saturated carbocycles. The van der Waals surface area contributed by atoms with Crippen molar-refractivity contribution in [3.05, 3.63) is 57.5 Å². The molecule has 0 spiro atoms. The van der Waals surface area contributed by atoms with E-state index in [0.717, 1.165) is 6.54 Å². The third kappa shape index (κ3) is 3.63. The molecule has 2 N–H and O–H groups in total. The van der Waals surface area contributed by atoms with Gasteiger partial charge >= 0.3 is 0 Å². The van der Waals surface area contributed by atoms with Gasteiger partial charge in [-0.1, -0.05) is 12.1 Å². The summed E-state index contributed by atoms with van der Waals surface area (Å²) < 4.78 is 13.0. The molecule has 4 heteroatoms. The van der Waals surface area contributed by atoms with Crippen LogP contribution in [-0.4, -0.2) is 11.7 Å². The number of aliphatic hydroxyl groups is 1. The largest absolute Gasteiger partial charge is 0.387 e. The predicted octanol–water partition coefficient (Wildman–Crippen LogP) is 3.02. The lowest BCUT2D eigenvalue weighted by molar-refractivity contribution is 0.174. The molecule has 96 valence electrons. The van der Waals surface area contributed by atoms with Crippen LogP contribution in [-0.2, 0) is 6.54 Å². The molecule has 2 nitrogen and oxygen atoms in total. The molecule has 1 aromatic heterocycles. The Kier molecular flexibility index (Phi) is 4.47. The summed E-state index contributed by atoms with van der Waals surface area (Å²) >= 11 is 1.73. The van der Waals surface area contributed by atoms with Crippen molar-refractivity contribution in [2.75, 3.05) is 6.54 Å². The predicted molar refractivity (Wildman–Crippen MR) is 72.1 cm³/mol. The Bertz CT molecular complexity index is 512. The summed E-state index contributed by atoms with van der Waals surface area (Å²) in [6.07, 6.45) is -0.679. The molecule has 0 saturated heterocycles. The summed E-state index contributed by atoms with van der Waals surface area (Å²) in [4.78, 5) is 2.51. The minimum absolute atomic E-state index is 0.319. The molecule has 18 heavy (non-hydrogen) atoms. The number of hydrogen-bond acceptors (Lipinski definition) is 3. The Balaban J connectivity index is 1.83. The van der Waals surface area contributed by atoms with Crippen molar-refractivity contribution < 1.29 is 9.50 Å². The molecule has 1 unspecified atom stereocenters. The van der Waals surface area contributed by atoms with Gasteiger partial charge in [-0.2, -0.15) is 0 Å². The maximum Gasteiger partial charge on any atom is 0.123 e. The highest BCUT2D eigenvalue weighted by molar-refractivity contribution is 7.11. The quantitative estimate of drug-likeness (QED) is 0.871. The second-order valence-electron chi connectivity index (χ2n) is 4.21. The average molecular weight is 265 g/mol. The van der Waals surface area contributed by atoms with Gasteiger partial charge in [-0.15, -0.1) is 11.3 Å². The van der Waals surface area contributed by atoms with E-state index in [4.69, 9.17) is 0 Å². The highest BCUT2D eigenvalue weighted by Gasteiger charge is 2.07. The van der Waals surface area contributed by atoms with E-state index in [9.17, 15) is 9.50 Å². The smallest absolute Gasteiger partial charge is 0.123 e. The molecule has 0 aliphatic carbocycles. The summed E-state index contributed by atoms with van der Waals surface area (Å²) in [5.41, 5.74) is 0.602. The van der Waals surface area contributed by atoms with Gasteiger partial charge in [0.2, 0.25) is 0 Å². The van der Waals surface area contributed by atoms with Gasteiger partial charge in [-0.25, -0.2) is 4.39 Å². The Hall–Kier alpha value is -1.23. The lowest BCUT2D eigenvalue weighted by atomic mass is 10.1. The molecule has 1 aromatic carbocycles. The molecule has 1 atom stereocenters. The van der Waals surface area contributed by atoms with Gasteiger partial charge in [-0.05, 0) is 36.8 Å². The monoisotopic (exact) mass is 265 g/mol. The SMILES string of the molecule is Cc1ccc(CNCC(O)c2cccc(F)c2)s1. The normalized spacial score (nSPS) is 12.6. The summed E-state index contributed by atoms with van der Waals surface area (Å²) in [7, 11) is 0. The molecule has 0 aliphatic rings. The van der Waals surface area contributed by atoms with Crippen LogP contribution in [0.25, 0.3) is 0 Å². The highest BCUT2D eigenvalue weighted by atomic mass is 32.1. The second-order valence-corrected chi connectivity index (χ2v) is 5.59. The maximum atomic E-state index is 13.0. The van der Waals surface area contributed by atoms with Crippen molar-refractivity contribution in [3.63, 3.8) is 0 Å². The molecule has 0 aliphatic heterocycles. The summed E-state index contributed by atoms with van der Waals surface area (Å²) in [6, 6.07) is 10.2. The zero-order valence-corrected chi connectivity index (χ0v) is 11.0. The molecular formula is C14H16FNOS. The average Bonchev–Trinajstić information content (AvgIpc) is 2.75. The van der Waals surface area contributed by atoms with Crippen molar-refractivity contribution in [3.8, 4) is 0 Å². The molecule has 0 amide bonds. The number of thiophene rings is 1. The first-order valence-electron chi connectivity index (χ1n) is 5.85. The highest BCUT2D eigenvalue weighted by Crippen LogP contribution is 2.16. The number of aryl methyl sites for hydroxylation is 1. The Morgan fingerprint density at radius 2 is 2.17 bits per heavy atom. The number of rotatable bonds is 5. The third-order valence-corrected chi connectivity index (χ3v) is 3.67. The van der Waals surface area contributed by atoms with Crippen LogP contribution in [0, 0.1) is 12.7 Å². The van der Waals surface area contributed by atoms with Gasteiger partial charge in [0.1, 0.15) is 5.82 Å². The minimum Gasteiger partial charge on any atom is -0.387 e. The Labute approximate surface area is 110 Å². The number of hydrogen-bond donors (Lipinski definition) is 2. The first kappa shape index (κ1) is 13.2. The zero-order valence-electron chi connectivity index (χ0n) is 10.2. The van der Waals surface area contributed by atoms with Crippen LogP contribution in [0.4, 0.5) is 4.39 Å². The van der Waals surface area contributed by atoms with Crippen LogP contribution in [0.15, 0.2) is 36.4 Å². The van der Waals surface area contributed by atoms with Crippen LogP contribution < -0.4 is 5.32 Å². The molecule has 2 rings (SSSR count). The van der Waals surface area contributed by atoms with Gasteiger partial charge in [0.15, 0.2) is 0 Å². The zero-order chi connectivity index (χ0) is 13.0. The molecule has 0 radical (unpaired) electrons. The Morgan fingerprint density at radius 1 is 1.33 bits per heavy atom. The summed E-state index contributed by atoms with van der Waals surface area (Å²) in [6.45, 7) is 3.21. The topological polar surface area (TPSA) is 32.3 Å². The summed E-state index contributed by atoms with van der Waals surface area (Å²) in [5, 5.41) is 13.1. The van der Waals surface area contributed by atoms with Gasteiger partial charge < -0.3 is 10.4 Å². The van der Waals surface area contributed by atoms with Crippen molar-refractivity contribution >= 4 is 11.3 Å². The fourth-order valence-corrected chi connectivity index (χ4v) is 2.60. The fourth-order valence-electron chi connectivity index (χ4n) is 1.74. The van der Waals surface area contributed by atoms with E-state index in [2.05, 4.69) is 24.4 Å². The second kappa shape index (κ2) is 6.09. The van der Waals surface area contributed by atoms with Gasteiger partial charge in [0.05, 0.1) is 6.10 Å². The first-order chi connectivity index (χ1) is 8.65. The lowest BCUT2D eigenvalue weighted by Crippen LogP contribution is -2.20. The van der Waals surface area contributed by atoms with E-state index in [1.807, 2.05) is 0 Å². The van der Waals surface area contributed by atoms with Crippen molar-refractivity contribution in [2.24, 2.45) is 0 Å². The van der Waals surface area contributed by atoms with E-state index in [1.54, 1.807) is 23.5 Å². The third-order valence-electron chi connectivity index (χ3n) is 2.67. The number of nitrogens with one attached hydrogen (secondary N) is 1. The molecule has 2 aromatic rings. The van der Waals surface area contributed by atoms with Crippen LogP contribution in [0.1, 0.15) is 21.4 Å². The lowest BCUT2D eigenvalue weighted by Gasteiger charge is -2.11. The summed E-state index contributed by atoms with van der Waals surface area (Å²) in [5.74, 6) is -0.319. The first-order valence-corrected chi connectivity index (χ1v) is 6.66. The van der Waals surface area contributed by atoms with E-state index in [0.29, 0.717) is 12.1 Å².